The van der Waals surface area contributed by atoms with E-state index in [0.717, 1.165) is 0 Å². The quantitative estimate of drug-likeness (QED) is 0.878. The number of nitrogens with one attached hydrogen (secondary N) is 1. The smallest absolute Gasteiger partial charge is 0.387 e. The maximum absolute atomic E-state index is 12.0. The minimum Gasteiger partial charge on any atom is -0.432 e. The highest BCUT2D eigenvalue weighted by Gasteiger charge is 2.13. The SMILES string of the molecule is CCNc1cc(Cl)c(OC(F)F)c(Cl)c1. The molecule has 84 valence electrons. The Bertz CT molecular complexity index is 324. The summed E-state index contributed by atoms with van der Waals surface area (Å²) in [5, 5.41) is 3.07. The molecule has 0 aliphatic carbocycles. The molecule has 0 amide bonds. The fourth-order valence-corrected chi connectivity index (χ4v) is 1.64. The molecular formula is C9H9Cl2F2NO. The van der Waals surface area contributed by atoms with Gasteiger partial charge in [0.1, 0.15) is 0 Å². The molecule has 0 spiro atoms. The van der Waals surface area contributed by atoms with Crippen molar-refractivity contribution in [1.29, 1.82) is 0 Å². The van der Waals surface area contributed by atoms with Crippen molar-refractivity contribution in [2.45, 2.75) is 13.5 Å². The van der Waals surface area contributed by atoms with E-state index in [0.29, 0.717) is 12.2 Å². The number of hydrogen-bond donors (Lipinski definition) is 1. The van der Waals surface area contributed by atoms with Crippen LogP contribution in [-0.4, -0.2) is 13.2 Å². The topological polar surface area (TPSA) is 21.3 Å². The zero-order valence-corrected chi connectivity index (χ0v) is 9.37. The van der Waals surface area contributed by atoms with Crippen molar-refractivity contribution in [2.24, 2.45) is 0 Å². The van der Waals surface area contributed by atoms with Gasteiger partial charge >= 0.3 is 6.61 Å². The zero-order valence-electron chi connectivity index (χ0n) is 7.86. The molecule has 0 saturated heterocycles. The fraction of sp³-hybridized carbons (Fsp3) is 0.333. The lowest BCUT2D eigenvalue weighted by Gasteiger charge is -2.11. The van der Waals surface area contributed by atoms with Gasteiger partial charge in [-0.25, -0.2) is 0 Å². The number of benzene rings is 1. The van der Waals surface area contributed by atoms with E-state index in [4.69, 9.17) is 23.2 Å². The van der Waals surface area contributed by atoms with Crippen LogP contribution in [0.5, 0.6) is 5.75 Å². The van der Waals surface area contributed by atoms with Crippen LogP contribution >= 0.6 is 23.2 Å². The molecule has 1 N–H and O–H groups in total. The highest BCUT2D eigenvalue weighted by molar-refractivity contribution is 6.37. The van der Waals surface area contributed by atoms with Crippen LogP contribution in [0.2, 0.25) is 10.0 Å². The third kappa shape index (κ3) is 3.39. The number of ether oxygens (including phenoxy) is 1. The van der Waals surface area contributed by atoms with Crippen molar-refractivity contribution in [1.82, 2.24) is 0 Å². The van der Waals surface area contributed by atoms with E-state index >= 15 is 0 Å². The highest BCUT2D eigenvalue weighted by Crippen LogP contribution is 2.36. The maximum atomic E-state index is 12.0. The molecule has 0 atom stereocenters. The first-order chi connectivity index (χ1) is 7.04. The summed E-state index contributed by atoms with van der Waals surface area (Å²) in [5.41, 5.74) is 0.661. The molecular weight excluding hydrogens is 247 g/mol. The lowest BCUT2D eigenvalue weighted by atomic mass is 10.3. The largest absolute Gasteiger partial charge is 0.432 e. The molecule has 1 rings (SSSR count). The molecule has 0 aliphatic heterocycles. The van der Waals surface area contributed by atoms with Crippen molar-refractivity contribution in [3.05, 3.63) is 22.2 Å². The van der Waals surface area contributed by atoms with Crippen LogP contribution in [0.3, 0.4) is 0 Å². The van der Waals surface area contributed by atoms with Crippen LogP contribution in [0.15, 0.2) is 12.1 Å². The van der Waals surface area contributed by atoms with Gasteiger partial charge in [0.05, 0.1) is 10.0 Å². The molecule has 0 aromatic heterocycles. The number of rotatable bonds is 4. The van der Waals surface area contributed by atoms with E-state index in [1.807, 2.05) is 6.92 Å². The molecule has 15 heavy (non-hydrogen) atoms. The summed E-state index contributed by atoms with van der Waals surface area (Å²) in [7, 11) is 0. The predicted molar refractivity (Wildman–Crippen MR) is 57.3 cm³/mol. The molecule has 1 aromatic rings. The Balaban J connectivity index is 2.98. The first-order valence-corrected chi connectivity index (χ1v) is 4.98. The summed E-state index contributed by atoms with van der Waals surface area (Å²) in [6, 6.07) is 2.96. The van der Waals surface area contributed by atoms with Crippen molar-refractivity contribution in [3.63, 3.8) is 0 Å². The Morgan fingerprint density at radius 2 is 1.87 bits per heavy atom. The third-order valence-electron chi connectivity index (χ3n) is 1.59. The van der Waals surface area contributed by atoms with Gasteiger partial charge < -0.3 is 10.1 Å². The molecule has 6 heteroatoms. The first kappa shape index (κ1) is 12.3. The van der Waals surface area contributed by atoms with Crippen LogP contribution in [0.1, 0.15) is 6.92 Å². The average molecular weight is 256 g/mol. The number of halogens is 4. The Morgan fingerprint density at radius 3 is 2.27 bits per heavy atom. The molecule has 0 heterocycles. The lowest BCUT2D eigenvalue weighted by molar-refractivity contribution is -0.0497. The van der Waals surface area contributed by atoms with Gasteiger partial charge in [-0.05, 0) is 19.1 Å². The van der Waals surface area contributed by atoms with Crippen LogP contribution in [0.25, 0.3) is 0 Å². The summed E-state index contributed by atoms with van der Waals surface area (Å²) < 4.78 is 28.1. The van der Waals surface area contributed by atoms with E-state index in [9.17, 15) is 8.78 Å². The molecule has 0 unspecified atom stereocenters. The molecule has 0 radical (unpaired) electrons. The molecule has 1 aromatic carbocycles. The maximum Gasteiger partial charge on any atom is 0.387 e. The number of alkyl halides is 2. The van der Waals surface area contributed by atoms with Crippen LogP contribution in [0.4, 0.5) is 14.5 Å². The molecule has 0 fully saturated rings. The summed E-state index contributed by atoms with van der Waals surface area (Å²) in [6.45, 7) is -0.363. The van der Waals surface area contributed by atoms with Gasteiger partial charge in [0.15, 0.2) is 5.75 Å². The molecule has 0 saturated carbocycles. The summed E-state index contributed by atoms with van der Waals surface area (Å²) >= 11 is 11.5. The van der Waals surface area contributed by atoms with Crippen LogP contribution in [0, 0.1) is 0 Å². The van der Waals surface area contributed by atoms with E-state index in [-0.39, 0.29) is 15.8 Å². The highest BCUT2D eigenvalue weighted by atomic mass is 35.5. The zero-order chi connectivity index (χ0) is 11.4. The van der Waals surface area contributed by atoms with Gasteiger partial charge in [-0.2, -0.15) is 8.78 Å². The molecule has 0 aliphatic rings. The Hall–Kier alpha value is -0.740. The Morgan fingerprint density at radius 1 is 1.33 bits per heavy atom. The minimum absolute atomic E-state index is 0.0544. The summed E-state index contributed by atoms with van der Waals surface area (Å²) in [5.74, 6) is -0.199. The summed E-state index contributed by atoms with van der Waals surface area (Å²) in [4.78, 5) is 0. The number of hydrogen-bond acceptors (Lipinski definition) is 2. The van der Waals surface area contributed by atoms with Gasteiger partial charge in [0, 0.05) is 12.2 Å². The Kier molecular flexibility index (Phi) is 4.42. The molecule has 0 bridgehead atoms. The Labute approximate surface area is 96.1 Å². The van der Waals surface area contributed by atoms with E-state index < -0.39 is 6.61 Å². The lowest BCUT2D eigenvalue weighted by Crippen LogP contribution is -2.04. The third-order valence-corrected chi connectivity index (χ3v) is 2.15. The van der Waals surface area contributed by atoms with E-state index in [2.05, 4.69) is 10.1 Å². The van der Waals surface area contributed by atoms with Gasteiger partial charge in [-0.3, -0.25) is 0 Å². The van der Waals surface area contributed by atoms with Gasteiger partial charge in [-0.1, -0.05) is 23.2 Å². The van der Waals surface area contributed by atoms with Crippen LogP contribution < -0.4 is 10.1 Å². The van der Waals surface area contributed by atoms with E-state index in [1.54, 1.807) is 0 Å². The summed E-state index contributed by atoms with van der Waals surface area (Å²) in [6.07, 6.45) is 0. The predicted octanol–water partition coefficient (Wildman–Crippen LogP) is 4.03. The molecule has 2 nitrogen and oxygen atoms in total. The van der Waals surface area contributed by atoms with Crippen molar-refractivity contribution >= 4 is 28.9 Å². The van der Waals surface area contributed by atoms with Gasteiger partial charge in [0.25, 0.3) is 0 Å². The van der Waals surface area contributed by atoms with E-state index in [1.165, 1.54) is 12.1 Å². The van der Waals surface area contributed by atoms with Crippen molar-refractivity contribution in [2.75, 3.05) is 11.9 Å². The van der Waals surface area contributed by atoms with Crippen LogP contribution in [-0.2, 0) is 0 Å². The second kappa shape index (κ2) is 5.37. The van der Waals surface area contributed by atoms with Gasteiger partial charge in [0.2, 0.25) is 0 Å². The van der Waals surface area contributed by atoms with Crippen molar-refractivity contribution in [3.8, 4) is 5.75 Å². The monoisotopic (exact) mass is 255 g/mol. The average Bonchev–Trinajstić information content (AvgIpc) is 2.11. The van der Waals surface area contributed by atoms with Gasteiger partial charge in [-0.15, -0.1) is 0 Å². The van der Waals surface area contributed by atoms with Crippen molar-refractivity contribution < 1.29 is 13.5 Å². The standard InChI is InChI=1S/C9H9Cl2F2NO/c1-2-14-5-3-6(10)8(7(11)4-5)15-9(12)13/h3-4,9,14H,2H2,1H3. The second-order valence-corrected chi connectivity index (χ2v) is 3.49. The normalized spacial score (nSPS) is 10.5. The second-order valence-electron chi connectivity index (χ2n) is 2.68. The minimum atomic E-state index is -2.94. The number of anilines is 1. The first-order valence-electron chi connectivity index (χ1n) is 4.22. The fourth-order valence-electron chi connectivity index (χ4n) is 1.07.